The van der Waals surface area contributed by atoms with Crippen LogP contribution in [0.1, 0.15) is 85.0 Å². The molecule has 1 unspecified atom stereocenters. The van der Waals surface area contributed by atoms with Gasteiger partial charge in [0.05, 0.1) is 6.61 Å². The first-order valence-corrected chi connectivity index (χ1v) is 14.5. The summed E-state index contributed by atoms with van der Waals surface area (Å²) in [5, 5.41) is 0. The number of hydrogen-bond donors (Lipinski definition) is 0. The van der Waals surface area contributed by atoms with Crippen molar-refractivity contribution in [2.24, 2.45) is 5.92 Å². The molecule has 0 fully saturated rings. The van der Waals surface area contributed by atoms with Gasteiger partial charge in [-0.15, -0.1) is 0 Å². The first-order chi connectivity index (χ1) is 18.5. The number of rotatable bonds is 18. The van der Waals surface area contributed by atoms with E-state index < -0.39 is 6.17 Å². The second-order valence-electron chi connectivity index (χ2n) is 10.6. The van der Waals surface area contributed by atoms with Gasteiger partial charge in [-0.05, 0) is 60.7 Å². The lowest BCUT2D eigenvalue weighted by molar-refractivity contribution is 0.174. The molecule has 0 bridgehead atoms. The molecule has 0 aliphatic carbocycles. The summed E-state index contributed by atoms with van der Waals surface area (Å²) in [6.45, 7) is 7.12. The van der Waals surface area contributed by atoms with Crippen molar-refractivity contribution in [3.8, 4) is 34.0 Å². The van der Waals surface area contributed by atoms with Crippen LogP contribution >= 0.6 is 0 Å². The fourth-order valence-corrected chi connectivity index (χ4v) is 4.44. The molecule has 0 N–H and O–H groups in total. The Hall–Kier alpha value is -2.95. The fraction of sp³-hybridized carbons (Fsp3) is 0.515. The summed E-state index contributed by atoms with van der Waals surface area (Å²) in [6, 6.07) is 15.6. The standard InChI is InChI=1S/C33H45FN2O2/c1-4-5-6-7-8-9-10-11-12-21-37-31-17-13-27(14-18-31)29-23-35-33(36-24-29)28-15-19-32(20-16-28)38-25-30(34)22-26(2)3/h13-20,23-24,26,30H,4-12,21-22,25H2,1-3H3. The van der Waals surface area contributed by atoms with Crippen molar-refractivity contribution in [2.75, 3.05) is 13.2 Å². The average Bonchev–Trinajstić information content (AvgIpc) is 2.93. The fourth-order valence-electron chi connectivity index (χ4n) is 4.44. The van der Waals surface area contributed by atoms with E-state index in [2.05, 4.69) is 16.9 Å². The van der Waals surface area contributed by atoms with E-state index in [-0.39, 0.29) is 6.61 Å². The molecule has 0 saturated carbocycles. The monoisotopic (exact) mass is 520 g/mol. The van der Waals surface area contributed by atoms with E-state index in [9.17, 15) is 4.39 Å². The third-order valence-corrected chi connectivity index (χ3v) is 6.63. The van der Waals surface area contributed by atoms with Crippen molar-refractivity contribution in [1.29, 1.82) is 0 Å². The Labute approximate surface area is 229 Å². The molecule has 206 valence electrons. The maximum absolute atomic E-state index is 13.9. The van der Waals surface area contributed by atoms with E-state index in [1.54, 1.807) is 0 Å². The summed E-state index contributed by atoms with van der Waals surface area (Å²) in [5.74, 6) is 2.51. The molecule has 2 aromatic carbocycles. The van der Waals surface area contributed by atoms with Gasteiger partial charge in [-0.25, -0.2) is 14.4 Å². The molecule has 3 aromatic rings. The molecule has 0 spiro atoms. The van der Waals surface area contributed by atoms with Crippen LogP contribution in [-0.4, -0.2) is 29.4 Å². The summed E-state index contributed by atoms with van der Waals surface area (Å²) in [4.78, 5) is 9.09. The third kappa shape index (κ3) is 10.8. The number of unbranched alkanes of at least 4 members (excludes halogenated alkanes) is 8. The number of hydrogen-bond acceptors (Lipinski definition) is 4. The van der Waals surface area contributed by atoms with Gasteiger partial charge in [-0.3, -0.25) is 0 Å². The van der Waals surface area contributed by atoms with Crippen LogP contribution in [0, 0.1) is 5.92 Å². The Morgan fingerprint density at radius 1 is 0.658 bits per heavy atom. The lowest BCUT2D eigenvalue weighted by Crippen LogP contribution is -2.15. The molecule has 1 atom stereocenters. The van der Waals surface area contributed by atoms with Crippen LogP contribution < -0.4 is 9.47 Å². The molecule has 1 aromatic heterocycles. The van der Waals surface area contributed by atoms with Crippen molar-refractivity contribution < 1.29 is 13.9 Å². The van der Waals surface area contributed by atoms with Crippen LogP contribution in [0.4, 0.5) is 4.39 Å². The zero-order valence-electron chi connectivity index (χ0n) is 23.5. The molecule has 5 heteroatoms. The van der Waals surface area contributed by atoms with Gasteiger partial charge in [-0.1, -0.05) is 84.3 Å². The van der Waals surface area contributed by atoms with Crippen LogP contribution in [0.25, 0.3) is 22.5 Å². The molecule has 0 saturated heterocycles. The van der Waals surface area contributed by atoms with Gasteiger partial charge in [0.25, 0.3) is 0 Å². The van der Waals surface area contributed by atoms with Gasteiger partial charge in [0.15, 0.2) is 5.82 Å². The van der Waals surface area contributed by atoms with Crippen molar-refractivity contribution >= 4 is 0 Å². The zero-order chi connectivity index (χ0) is 27.0. The minimum Gasteiger partial charge on any atom is -0.494 e. The van der Waals surface area contributed by atoms with E-state index in [1.807, 2.05) is 74.8 Å². The number of nitrogens with zero attached hydrogens (tertiary/aromatic N) is 2. The van der Waals surface area contributed by atoms with Gasteiger partial charge < -0.3 is 9.47 Å². The SMILES string of the molecule is CCCCCCCCCCCOc1ccc(-c2cnc(-c3ccc(OCC(F)CC(C)C)cc3)nc2)cc1. The lowest BCUT2D eigenvalue weighted by Gasteiger charge is -2.12. The Kier molecular flexibility index (Phi) is 13.1. The third-order valence-electron chi connectivity index (χ3n) is 6.63. The quantitative estimate of drug-likeness (QED) is 0.157. The molecule has 38 heavy (non-hydrogen) atoms. The second-order valence-corrected chi connectivity index (χ2v) is 10.6. The molecular weight excluding hydrogens is 475 g/mol. The highest BCUT2D eigenvalue weighted by Crippen LogP contribution is 2.24. The van der Waals surface area contributed by atoms with E-state index in [4.69, 9.17) is 9.47 Å². The van der Waals surface area contributed by atoms with Gasteiger partial charge in [0.1, 0.15) is 24.3 Å². The predicted molar refractivity (Wildman–Crippen MR) is 155 cm³/mol. The van der Waals surface area contributed by atoms with E-state index >= 15 is 0 Å². The minimum atomic E-state index is -0.953. The molecule has 1 heterocycles. The lowest BCUT2D eigenvalue weighted by atomic mass is 10.1. The first-order valence-electron chi connectivity index (χ1n) is 14.5. The van der Waals surface area contributed by atoms with Gasteiger partial charge in [-0.2, -0.15) is 0 Å². The van der Waals surface area contributed by atoms with E-state index in [1.165, 1.54) is 51.4 Å². The summed E-state index contributed by atoms with van der Waals surface area (Å²) < 4.78 is 25.4. The van der Waals surface area contributed by atoms with Crippen LogP contribution in [0.5, 0.6) is 11.5 Å². The average molecular weight is 521 g/mol. The Morgan fingerprint density at radius 3 is 1.76 bits per heavy atom. The maximum Gasteiger partial charge on any atom is 0.159 e. The largest absolute Gasteiger partial charge is 0.494 e. The Balaban J connectivity index is 1.39. The first kappa shape index (κ1) is 29.6. The molecule has 0 radical (unpaired) electrons. The highest BCUT2D eigenvalue weighted by Gasteiger charge is 2.10. The summed E-state index contributed by atoms with van der Waals surface area (Å²) in [7, 11) is 0. The van der Waals surface area contributed by atoms with Gasteiger partial charge >= 0.3 is 0 Å². The topological polar surface area (TPSA) is 44.2 Å². The van der Waals surface area contributed by atoms with Crippen LogP contribution in [-0.2, 0) is 0 Å². The number of halogens is 1. The van der Waals surface area contributed by atoms with Crippen LogP contribution in [0.3, 0.4) is 0 Å². The van der Waals surface area contributed by atoms with Gasteiger partial charge in [0, 0.05) is 23.5 Å². The summed E-state index contributed by atoms with van der Waals surface area (Å²) in [6.07, 6.45) is 15.1. The molecule has 0 aliphatic heterocycles. The minimum absolute atomic E-state index is 0.0752. The van der Waals surface area contributed by atoms with Crippen molar-refractivity contribution in [1.82, 2.24) is 9.97 Å². The molecule has 0 amide bonds. The van der Waals surface area contributed by atoms with E-state index in [0.717, 1.165) is 35.5 Å². The normalized spacial score (nSPS) is 12.0. The second kappa shape index (κ2) is 16.8. The maximum atomic E-state index is 13.9. The number of alkyl halides is 1. The van der Waals surface area contributed by atoms with Gasteiger partial charge in [0.2, 0.25) is 0 Å². The highest BCUT2D eigenvalue weighted by atomic mass is 19.1. The number of aromatic nitrogens is 2. The predicted octanol–water partition coefficient (Wildman–Crippen LogP) is 9.48. The molecular formula is C33H45FN2O2. The van der Waals surface area contributed by atoms with Crippen LogP contribution in [0.15, 0.2) is 60.9 Å². The number of ether oxygens (including phenoxy) is 2. The van der Waals surface area contributed by atoms with Crippen molar-refractivity contribution in [3.05, 3.63) is 60.9 Å². The summed E-state index contributed by atoms with van der Waals surface area (Å²) in [5.41, 5.74) is 2.90. The molecule has 4 nitrogen and oxygen atoms in total. The zero-order valence-corrected chi connectivity index (χ0v) is 23.5. The Morgan fingerprint density at radius 2 is 1.18 bits per heavy atom. The van der Waals surface area contributed by atoms with E-state index in [0.29, 0.717) is 23.9 Å². The smallest absolute Gasteiger partial charge is 0.159 e. The highest BCUT2D eigenvalue weighted by molar-refractivity contribution is 5.64. The van der Waals surface area contributed by atoms with Crippen molar-refractivity contribution in [2.45, 2.75) is 91.2 Å². The molecule has 0 aliphatic rings. The Bertz CT molecular complexity index is 1020. The molecule has 3 rings (SSSR count). The van der Waals surface area contributed by atoms with Crippen LogP contribution in [0.2, 0.25) is 0 Å². The summed E-state index contributed by atoms with van der Waals surface area (Å²) >= 11 is 0. The van der Waals surface area contributed by atoms with Crippen molar-refractivity contribution in [3.63, 3.8) is 0 Å². The number of benzene rings is 2.